The Hall–Kier alpha value is -5.86. The molecule has 0 spiro atoms. The highest BCUT2D eigenvalue weighted by Gasteiger charge is 2.29. The van der Waals surface area contributed by atoms with Crippen LogP contribution in [0.25, 0.3) is 11.2 Å². The van der Waals surface area contributed by atoms with Gasteiger partial charge in [-0.15, -0.1) is 0 Å². The first-order chi connectivity index (χ1) is 25.1. The number of aliphatic carboxylic acids is 1. The Morgan fingerprint density at radius 3 is 2.38 bits per heavy atom. The summed E-state index contributed by atoms with van der Waals surface area (Å²) < 4.78 is 5.41. The van der Waals surface area contributed by atoms with Crippen molar-refractivity contribution in [1.29, 1.82) is 0 Å². The molecule has 1 fully saturated rings. The minimum Gasteiger partial charge on any atom is -0.480 e. The van der Waals surface area contributed by atoms with Crippen LogP contribution in [-0.2, 0) is 32.1 Å². The molecule has 2 heterocycles. The maximum Gasteiger partial charge on any atom is 0.326 e. The first-order valence-corrected chi connectivity index (χ1v) is 17.7. The maximum atomic E-state index is 13.6. The van der Waals surface area contributed by atoms with Gasteiger partial charge in [0.25, 0.3) is 5.91 Å². The van der Waals surface area contributed by atoms with Crippen molar-refractivity contribution in [2.24, 2.45) is 0 Å². The topological polar surface area (TPSA) is 229 Å². The van der Waals surface area contributed by atoms with Crippen LogP contribution < -0.4 is 27.0 Å². The van der Waals surface area contributed by atoms with Gasteiger partial charge in [-0.2, -0.15) is 9.97 Å². The first kappa shape index (κ1) is 38.4. The molecule has 15 nitrogen and oxygen atoms in total. The fourth-order valence-electron chi connectivity index (χ4n) is 6.37. The van der Waals surface area contributed by atoms with E-state index in [1.54, 1.807) is 51.2 Å². The number of carbonyl (C=O) groups is 4. The van der Waals surface area contributed by atoms with Crippen molar-refractivity contribution in [3.63, 3.8) is 0 Å². The molecule has 1 aliphatic rings. The number of nitrogens with two attached hydrogens (primary N) is 2. The Labute approximate surface area is 307 Å². The van der Waals surface area contributed by atoms with Crippen LogP contribution in [0.3, 0.4) is 0 Å². The normalized spacial score (nSPS) is 14.3. The minimum absolute atomic E-state index is 0.00780. The van der Waals surface area contributed by atoms with E-state index in [-0.39, 0.29) is 42.2 Å². The van der Waals surface area contributed by atoms with E-state index in [0.29, 0.717) is 23.7 Å². The van der Waals surface area contributed by atoms with Crippen molar-refractivity contribution in [3.8, 4) is 0 Å². The zero-order valence-electron chi connectivity index (χ0n) is 30.5. The molecule has 2 atom stereocenters. The number of hydrogen-bond donors (Lipinski definition) is 5. The Bertz CT molecular complexity index is 1960. The summed E-state index contributed by atoms with van der Waals surface area (Å²) in [6.45, 7) is 5.54. The Morgan fingerprint density at radius 2 is 1.70 bits per heavy atom. The lowest BCUT2D eigenvalue weighted by molar-refractivity contribution is -0.155. The molecule has 53 heavy (non-hydrogen) atoms. The van der Waals surface area contributed by atoms with E-state index in [0.717, 1.165) is 24.1 Å². The lowest BCUT2D eigenvalue weighted by Crippen LogP contribution is -2.52. The summed E-state index contributed by atoms with van der Waals surface area (Å²) >= 11 is 0. The average Bonchev–Trinajstić information content (AvgIpc) is 3.65. The molecular formula is C38H47N9O6. The predicted molar refractivity (Wildman–Crippen MR) is 200 cm³/mol. The lowest BCUT2D eigenvalue weighted by Gasteiger charge is -2.23. The van der Waals surface area contributed by atoms with Gasteiger partial charge >= 0.3 is 11.9 Å². The molecule has 0 aliphatic heterocycles. The summed E-state index contributed by atoms with van der Waals surface area (Å²) in [4.78, 5) is 70.7. The first-order valence-electron chi connectivity index (χ1n) is 17.7. The molecule has 1 saturated carbocycles. The minimum atomic E-state index is -1.26. The number of esters is 1. The monoisotopic (exact) mass is 725 g/mol. The third-order valence-corrected chi connectivity index (χ3v) is 8.98. The molecule has 2 aromatic heterocycles. The number of carboxylic acid groups (broad SMARTS) is 1. The summed E-state index contributed by atoms with van der Waals surface area (Å²) in [6, 6.07) is 12.0. The molecule has 5 rings (SSSR count). The van der Waals surface area contributed by atoms with Gasteiger partial charge in [-0.1, -0.05) is 37.1 Å². The van der Waals surface area contributed by atoms with Crippen molar-refractivity contribution >= 4 is 52.4 Å². The zero-order valence-corrected chi connectivity index (χ0v) is 30.5. The second-order valence-electron chi connectivity index (χ2n) is 14.4. The van der Waals surface area contributed by atoms with Crippen LogP contribution in [0.5, 0.6) is 0 Å². The van der Waals surface area contributed by atoms with Gasteiger partial charge in [-0.05, 0) is 81.3 Å². The molecule has 0 bridgehead atoms. The molecule has 0 unspecified atom stereocenters. The summed E-state index contributed by atoms with van der Waals surface area (Å²) in [5, 5.41) is 15.4. The fraction of sp³-hybridized carbons (Fsp3) is 0.421. The van der Waals surface area contributed by atoms with Gasteiger partial charge in [0.1, 0.15) is 17.7 Å². The van der Waals surface area contributed by atoms with E-state index >= 15 is 0 Å². The van der Waals surface area contributed by atoms with Gasteiger partial charge in [0.05, 0.1) is 18.4 Å². The van der Waals surface area contributed by atoms with Gasteiger partial charge < -0.3 is 36.8 Å². The molecule has 4 aromatic rings. The molecule has 7 N–H and O–H groups in total. The summed E-state index contributed by atoms with van der Waals surface area (Å²) in [5.41, 5.74) is 15.1. The number of nitrogens with zero attached hydrogens (tertiary/aromatic N) is 5. The number of ether oxygens (including phenoxy) is 1. The number of aromatic nitrogens is 4. The largest absolute Gasteiger partial charge is 0.480 e. The number of hydrogen-bond acceptors (Lipinski definition) is 12. The fourth-order valence-corrected chi connectivity index (χ4v) is 6.37. The predicted octanol–water partition coefficient (Wildman–Crippen LogP) is 3.91. The van der Waals surface area contributed by atoms with Gasteiger partial charge in [-0.25, -0.2) is 14.8 Å². The molecule has 2 amide bonds. The van der Waals surface area contributed by atoms with E-state index < -0.39 is 41.4 Å². The third kappa shape index (κ3) is 10.6. The molecular weight excluding hydrogens is 678 g/mol. The van der Waals surface area contributed by atoms with Crippen molar-refractivity contribution in [3.05, 3.63) is 77.1 Å². The molecule has 15 heteroatoms. The highest BCUT2D eigenvalue weighted by molar-refractivity contribution is 5.98. The molecule has 280 valence electrons. The summed E-state index contributed by atoms with van der Waals surface area (Å²) in [7, 11) is 1.84. The van der Waals surface area contributed by atoms with Crippen molar-refractivity contribution < 1.29 is 29.0 Å². The number of carboxylic acids is 1. The van der Waals surface area contributed by atoms with Crippen LogP contribution in [0.15, 0.2) is 54.7 Å². The van der Waals surface area contributed by atoms with Crippen molar-refractivity contribution in [2.45, 2.75) is 95.9 Å². The quantitative estimate of drug-likeness (QED) is 0.116. The van der Waals surface area contributed by atoms with Crippen molar-refractivity contribution in [1.82, 2.24) is 30.6 Å². The van der Waals surface area contributed by atoms with E-state index in [1.165, 1.54) is 18.4 Å². The van der Waals surface area contributed by atoms with Crippen molar-refractivity contribution in [2.75, 3.05) is 23.4 Å². The van der Waals surface area contributed by atoms with E-state index in [1.807, 2.05) is 30.1 Å². The number of rotatable bonds is 14. The molecule has 0 radical (unpaired) electrons. The highest BCUT2D eigenvalue weighted by Crippen LogP contribution is 2.34. The molecule has 2 aromatic carbocycles. The smallest absolute Gasteiger partial charge is 0.326 e. The third-order valence-electron chi connectivity index (χ3n) is 8.98. The molecule has 1 aliphatic carbocycles. The van der Waals surface area contributed by atoms with E-state index in [4.69, 9.17) is 16.2 Å². The Morgan fingerprint density at radius 1 is 0.981 bits per heavy atom. The standard InChI is InChI=1S/C38H47N9O6/c1-38(2,3)53-30(48)17-16-28(35(50)44-29(36(51)52)19-22-8-7-11-25(18-22)23-9-5-6-10-23)43-34(49)24-12-14-27(15-13-24)47(4)21-26-20-41-33-31(42-26)32(39)45-37(40)46-33/h7-8,11-15,18,20,23,28-29H,5-6,9-10,16-17,19,21H2,1-4H3,(H,43,49)(H,44,50)(H,51,52)(H4,39,40,41,45,46)/t28-,29-/m0/s1. The number of nitrogen functional groups attached to an aromatic ring is 2. The van der Waals surface area contributed by atoms with Gasteiger partial charge in [-0.3, -0.25) is 14.4 Å². The van der Waals surface area contributed by atoms with Crippen LogP contribution in [0, 0.1) is 0 Å². The Balaban J connectivity index is 1.26. The van der Waals surface area contributed by atoms with E-state index in [9.17, 15) is 24.3 Å². The van der Waals surface area contributed by atoms with E-state index in [2.05, 4.69) is 36.6 Å². The molecule has 0 saturated heterocycles. The van der Waals surface area contributed by atoms with Crippen LogP contribution in [0.2, 0.25) is 0 Å². The van der Waals surface area contributed by atoms with Crippen LogP contribution in [-0.4, -0.2) is 73.5 Å². The van der Waals surface area contributed by atoms with Crippen LogP contribution in [0.1, 0.15) is 92.4 Å². The number of anilines is 3. The second-order valence-corrected chi connectivity index (χ2v) is 14.4. The average molecular weight is 726 g/mol. The number of carbonyl (C=O) groups excluding carboxylic acids is 3. The lowest BCUT2D eigenvalue weighted by atomic mass is 9.94. The number of amides is 2. The Kier molecular flexibility index (Phi) is 12.1. The van der Waals surface area contributed by atoms with Gasteiger partial charge in [0, 0.05) is 31.1 Å². The van der Waals surface area contributed by atoms with Gasteiger partial charge in [0.15, 0.2) is 17.0 Å². The number of nitrogens with one attached hydrogen (secondary N) is 2. The number of benzene rings is 2. The summed E-state index contributed by atoms with van der Waals surface area (Å²) in [5.74, 6) is -2.47. The number of fused-ring (bicyclic) bond motifs is 1. The SMILES string of the molecule is CN(Cc1cnc2nc(N)nc(N)c2n1)c1ccc(C(=O)N[C@@H](CCC(=O)OC(C)(C)C)C(=O)N[C@@H](Cc2cccc(C3CCCC3)c2)C(=O)O)cc1. The zero-order chi connectivity index (χ0) is 38.3. The maximum absolute atomic E-state index is 13.6. The second kappa shape index (κ2) is 16.7. The van der Waals surface area contributed by atoms with Crippen LogP contribution >= 0.6 is 0 Å². The summed E-state index contributed by atoms with van der Waals surface area (Å²) in [6.07, 6.45) is 5.89. The van der Waals surface area contributed by atoms with Crippen LogP contribution in [0.4, 0.5) is 17.5 Å². The highest BCUT2D eigenvalue weighted by atomic mass is 16.6. The van der Waals surface area contributed by atoms with Gasteiger partial charge in [0.2, 0.25) is 11.9 Å².